The number of rotatable bonds is 5. The lowest BCUT2D eigenvalue weighted by Gasteiger charge is -2.22. The summed E-state index contributed by atoms with van der Waals surface area (Å²) in [7, 11) is 0. The van der Waals surface area contributed by atoms with Crippen LogP contribution in [0.4, 0.5) is 10.5 Å². The van der Waals surface area contributed by atoms with Crippen molar-refractivity contribution in [3.8, 4) is 0 Å². The predicted octanol–water partition coefficient (Wildman–Crippen LogP) is 4.02. The van der Waals surface area contributed by atoms with Crippen molar-refractivity contribution >= 4 is 28.7 Å². The van der Waals surface area contributed by atoms with Crippen molar-refractivity contribution in [3.05, 3.63) is 75.6 Å². The van der Waals surface area contributed by atoms with Crippen LogP contribution in [0.15, 0.2) is 57.7 Å². The van der Waals surface area contributed by atoms with E-state index in [0.29, 0.717) is 43.0 Å². The van der Waals surface area contributed by atoms with Crippen LogP contribution in [0.3, 0.4) is 0 Å². The minimum Gasteiger partial charge on any atom is -0.450 e. The lowest BCUT2D eigenvalue weighted by molar-refractivity contribution is 0.0761. The molecule has 1 aliphatic rings. The van der Waals surface area contributed by atoms with Gasteiger partial charge < -0.3 is 14.1 Å². The molecule has 3 aromatic rings. The molecule has 1 aromatic heterocycles. The number of hydrogen-bond donors (Lipinski definition) is 1. The van der Waals surface area contributed by atoms with Crippen molar-refractivity contribution in [2.45, 2.75) is 26.8 Å². The SMILES string of the molecule is CCOC(=O)Nc1ccc2c(CN3CCCN(C(=O)c4cccc(C)c4)CC3)cc(=O)oc2c1. The fourth-order valence-corrected chi connectivity index (χ4v) is 4.26. The molecule has 2 aromatic carbocycles. The van der Waals surface area contributed by atoms with Crippen molar-refractivity contribution in [1.82, 2.24) is 9.80 Å². The van der Waals surface area contributed by atoms with E-state index in [-0.39, 0.29) is 12.5 Å². The van der Waals surface area contributed by atoms with Crippen LogP contribution in [-0.4, -0.2) is 54.6 Å². The van der Waals surface area contributed by atoms with Gasteiger partial charge >= 0.3 is 11.7 Å². The minimum absolute atomic E-state index is 0.0537. The van der Waals surface area contributed by atoms with Crippen LogP contribution in [-0.2, 0) is 11.3 Å². The molecule has 178 valence electrons. The highest BCUT2D eigenvalue weighted by Gasteiger charge is 2.21. The first-order chi connectivity index (χ1) is 16.4. The van der Waals surface area contributed by atoms with Gasteiger partial charge in [-0.15, -0.1) is 0 Å². The van der Waals surface area contributed by atoms with E-state index in [2.05, 4.69) is 10.2 Å². The molecule has 1 saturated heterocycles. The first kappa shape index (κ1) is 23.5. The fourth-order valence-electron chi connectivity index (χ4n) is 4.26. The van der Waals surface area contributed by atoms with Crippen molar-refractivity contribution in [2.24, 2.45) is 0 Å². The predicted molar refractivity (Wildman–Crippen MR) is 130 cm³/mol. The summed E-state index contributed by atoms with van der Waals surface area (Å²) in [5, 5.41) is 3.44. The number of carbonyl (C=O) groups excluding carboxylic acids is 2. The molecule has 34 heavy (non-hydrogen) atoms. The second-order valence-corrected chi connectivity index (χ2v) is 8.44. The highest BCUT2D eigenvalue weighted by molar-refractivity contribution is 5.94. The Bertz CT molecular complexity index is 1250. The van der Waals surface area contributed by atoms with Gasteiger partial charge in [0.15, 0.2) is 0 Å². The molecule has 0 spiro atoms. The van der Waals surface area contributed by atoms with E-state index in [4.69, 9.17) is 9.15 Å². The first-order valence-corrected chi connectivity index (χ1v) is 11.5. The van der Waals surface area contributed by atoms with E-state index in [1.54, 1.807) is 19.1 Å². The molecule has 0 aliphatic carbocycles. The van der Waals surface area contributed by atoms with E-state index >= 15 is 0 Å². The maximum absolute atomic E-state index is 13.0. The third kappa shape index (κ3) is 5.63. The van der Waals surface area contributed by atoms with E-state index in [9.17, 15) is 14.4 Å². The molecule has 0 saturated carbocycles. The molecule has 4 rings (SSSR count). The summed E-state index contributed by atoms with van der Waals surface area (Å²) in [6, 6.07) is 14.4. The molecule has 0 bridgehead atoms. The number of nitrogens with zero attached hydrogens (tertiary/aromatic N) is 2. The number of carbonyl (C=O) groups is 2. The van der Waals surface area contributed by atoms with Gasteiger partial charge in [-0.1, -0.05) is 17.7 Å². The summed E-state index contributed by atoms with van der Waals surface area (Å²) in [6.07, 6.45) is 0.291. The summed E-state index contributed by atoms with van der Waals surface area (Å²) in [6.45, 7) is 7.40. The molecule has 1 fully saturated rings. The Labute approximate surface area is 198 Å². The van der Waals surface area contributed by atoms with Crippen LogP contribution < -0.4 is 10.9 Å². The Morgan fingerprint density at radius 1 is 1.06 bits per heavy atom. The highest BCUT2D eigenvalue weighted by atomic mass is 16.5. The lowest BCUT2D eigenvalue weighted by atomic mass is 10.1. The number of amides is 2. The topological polar surface area (TPSA) is 92.1 Å². The number of aryl methyl sites for hydroxylation is 1. The Morgan fingerprint density at radius 3 is 2.71 bits per heavy atom. The average molecular weight is 464 g/mol. The van der Waals surface area contributed by atoms with Crippen LogP contribution in [0.5, 0.6) is 0 Å². The summed E-state index contributed by atoms with van der Waals surface area (Å²) < 4.78 is 10.3. The molecule has 1 aliphatic heterocycles. The van der Waals surface area contributed by atoms with Gasteiger partial charge in [-0.05, 0) is 50.1 Å². The maximum Gasteiger partial charge on any atom is 0.411 e. The highest BCUT2D eigenvalue weighted by Crippen LogP contribution is 2.23. The largest absolute Gasteiger partial charge is 0.450 e. The molecule has 0 unspecified atom stereocenters. The zero-order chi connectivity index (χ0) is 24.1. The summed E-state index contributed by atoms with van der Waals surface area (Å²) in [4.78, 5) is 41.0. The Hall–Kier alpha value is -3.65. The number of nitrogens with one attached hydrogen (secondary N) is 1. The average Bonchev–Trinajstić information content (AvgIpc) is 3.04. The number of benzene rings is 2. The van der Waals surface area contributed by atoms with Crippen molar-refractivity contribution in [3.63, 3.8) is 0 Å². The van der Waals surface area contributed by atoms with Crippen LogP contribution in [0.25, 0.3) is 11.0 Å². The van der Waals surface area contributed by atoms with Gasteiger partial charge in [-0.2, -0.15) is 0 Å². The number of fused-ring (bicyclic) bond motifs is 1. The van der Waals surface area contributed by atoms with E-state index in [0.717, 1.165) is 29.5 Å². The van der Waals surface area contributed by atoms with Crippen molar-refractivity contribution < 1.29 is 18.7 Å². The molecule has 8 heteroatoms. The normalized spacial score (nSPS) is 14.6. The molecular formula is C26H29N3O5. The molecule has 0 atom stereocenters. The Morgan fingerprint density at radius 2 is 1.91 bits per heavy atom. The third-order valence-corrected chi connectivity index (χ3v) is 5.89. The molecular weight excluding hydrogens is 434 g/mol. The monoisotopic (exact) mass is 463 g/mol. The van der Waals surface area contributed by atoms with Crippen LogP contribution in [0.2, 0.25) is 0 Å². The number of anilines is 1. The van der Waals surface area contributed by atoms with Gasteiger partial charge in [0.1, 0.15) is 5.58 Å². The maximum atomic E-state index is 13.0. The van der Waals surface area contributed by atoms with Crippen LogP contribution in [0.1, 0.15) is 34.8 Å². The Balaban J connectivity index is 1.47. The van der Waals surface area contributed by atoms with Gasteiger partial charge in [0.25, 0.3) is 5.91 Å². The lowest BCUT2D eigenvalue weighted by Crippen LogP contribution is -2.35. The third-order valence-electron chi connectivity index (χ3n) is 5.89. The Kier molecular flexibility index (Phi) is 7.27. The summed E-state index contributed by atoms with van der Waals surface area (Å²) in [5.41, 5.74) is 3.09. The van der Waals surface area contributed by atoms with Gasteiger partial charge in [-0.3, -0.25) is 15.0 Å². The smallest absolute Gasteiger partial charge is 0.411 e. The summed E-state index contributed by atoms with van der Waals surface area (Å²) in [5.74, 6) is 0.0537. The van der Waals surface area contributed by atoms with E-state index in [1.165, 1.54) is 6.07 Å². The second-order valence-electron chi connectivity index (χ2n) is 8.44. The van der Waals surface area contributed by atoms with Crippen LogP contribution >= 0.6 is 0 Å². The molecule has 0 radical (unpaired) electrons. The fraction of sp³-hybridized carbons (Fsp3) is 0.346. The first-order valence-electron chi connectivity index (χ1n) is 11.5. The van der Waals surface area contributed by atoms with Crippen LogP contribution in [0, 0.1) is 6.92 Å². The zero-order valence-corrected chi connectivity index (χ0v) is 19.5. The van der Waals surface area contributed by atoms with E-state index in [1.807, 2.05) is 42.2 Å². The molecule has 8 nitrogen and oxygen atoms in total. The minimum atomic E-state index is -0.560. The van der Waals surface area contributed by atoms with Gasteiger partial charge in [0.05, 0.1) is 6.61 Å². The summed E-state index contributed by atoms with van der Waals surface area (Å²) >= 11 is 0. The molecule has 1 N–H and O–H groups in total. The molecule has 2 heterocycles. The standard InChI is InChI=1S/C26H29N3O5/c1-3-33-26(32)27-21-8-9-22-20(15-24(30)34-23(22)16-21)17-28-10-5-11-29(13-12-28)25(31)19-7-4-6-18(2)14-19/h4,6-9,14-16H,3,5,10-13,17H2,1-2H3,(H,27,32). The van der Waals surface area contributed by atoms with E-state index < -0.39 is 11.7 Å². The van der Waals surface area contributed by atoms with Crippen molar-refractivity contribution in [2.75, 3.05) is 38.1 Å². The number of hydrogen-bond acceptors (Lipinski definition) is 6. The van der Waals surface area contributed by atoms with Gasteiger partial charge in [-0.25, -0.2) is 9.59 Å². The van der Waals surface area contributed by atoms with Crippen molar-refractivity contribution in [1.29, 1.82) is 0 Å². The zero-order valence-electron chi connectivity index (χ0n) is 19.5. The number of ether oxygens (including phenoxy) is 1. The second kappa shape index (κ2) is 10.5. The van der Waals surface area contributed by atoms with Gasteiger partial charge in [0, 0.05) is 61.5 Å². The van der Waals surface area contributed by atoms with Gasteiger partial charge in [0.2, 0.25) is 0 Å². The quantitative estimate of drug-likeness (QED) is 0.575. The molecule has 2 amide bonds.